The molecule has 8 nitrogen and oxygen atoms in total. The summed E-state index contributed by atoms with van der Waals surface area (Å²) >= 11 is 3.29. The Morgan fingerprint density at radius 1 is 1.00 bits per heavy atom. The molecule has 4 aromatic rings. The van der Waals surface area contributed by atoms with Crippen molar-refractivity contribution in [1.82, 2.24) is 15.0 Å². The van der Waals surface area contributed by atoms with Crippen LogP contribution in [0.1, 0.15) is 0 Å². The molecule has 2 aromatic carbocycles. The maximum absolute atomic E-state index is 11.7. The van der Waals surface area contributed by atoms with Crippen LogP contribution in [0.5, 0.6) is 11.6 Å². The number of hydrogen-bond acceptors (Lipinski definition) is 7. The maximum atomic E-state index is 11.7. The number of anilines is 2. The average molecular weight is 438 g/mol. The molecule has 0 aliphatic heterocycles. The van der Waals surface area contributed by atoms with Gasteiger partial charge in [0.25, 0.3) is 0 Å². The fraction of sp³-hybridized carbons (Fsp3) is 0. The summed E-state index contributed by atoms with van der Waals surface area (Å²) in [7, 11) is 0. The summed E-state index contributed by atoms with van der Waals surface area (Å²) in [6, 6.07) is 16.6. The topological polar surface area (TPSA) is 103 Å². The van der Waals surface area contributed by atoms with Gasteiger partial charge in [-0.15, -0.1) is 0 Å². The Morgan fingerprint density at radius 2 is 1.82 bits per heavy atom. The van der Waals surface area contributed by atoms with Gasteiger partial charge in [0.2, 0.25) is 5.82 Å². The lowest BCUT2D eigenvalue weighted by Gasteiger charge is -2.09. The van der Waals surface area contributed by atoms with Crippen molar-refractivity contribution in [3.8, 4) is 11.6 Å². The number of aromatic nitrogens is 3. The van der Waals surface area contributed by atoms with Gasteiger partial charge in [-0.1, -0.05) is 30.3 Å². The molecule has 0 radical (unpaired) electrons. The summed E-state index contributed by atoms with van der Waals surface area (Å²) in [4.78, 5) is 23.1. The Kier molecular flexibility index (Phi) is 4.81. The highest BCUT2D eigenvalue weighted by atomic mass is 79.9. The Hall–Kier alpha value is -3.59. The zero-order chi connectivity index (χ0) is 19.5. The summed E-state index contributed by atoms with van der Waals surface area (Å²) in [6.45, 7) is 0. The lowest BCUT2D eigenvalue weighted by molar-refractivity contribution is -0.385. The molecule has 0 fully saturated rings. The van der Waals surface area contributed by atoms with Crippen molar-refractivity contribution in [3.05, 3.63) is 81.7 Å². The van der Waals surface area contributed by atoms with E-state index in [9.17, 15) is 10.1 Å². The lowest BCUT2D eigenvalue weighted by Crippen LogP contribution is -2.04. The van der Waals surface area contributed by atoms with Crippen molar-refractivity contribution in [3.63, 3.8) is 0 Å². The van der Waals surface area contributed by atoms with Crippen molar-refractivity contribution in [2.24, 2.45) is 0 Å². The number of nitro groups is 1. The smallest absolute Gasteiger partial charge is 0.373 e. The summed E-state index contributed by atoms with van der Waals surface area (Å²) in [6.07, 6.45) is 2.77. The van der Waals surface area contributed by atoms with Gasteiger partial charge >= 0.3 is 11.6 Å². The number of nitrogens with zero attached hydrogens (tertiary/aromatic N) is 4. The molecule has 0 amide bonds. The SMILES string of the molecule is O=[N+]([O-])c1c(Nc2ccc(Br)cn2)ncnc1Oc1ccc2ccccc2c1. The second kappa shape index (κ2) is 7.57. The van der Waals surface area contributed by atoms with Crippen molar-refractivity contribution >= 4 is 44.0 Å². The lowest BCUT2D eigenvalue weighted by atomic mass is 10.1. The molecule has 0 bridgehead atoms. The third-order valence-corrected chi connectivity index (χ3v) is 4.35. The summed E-state index contributed by atoms with van der Waals surface area (Å²) in [5.41, 5.74) is -0.375. The summed E-state index contributed by atoms with van der Waals surface area (Å²) < 4.78 is 6.50. The Labute approximate surface area is 167 Å². The Bertz CT molecular complexity index is 1170. The highest BCUT2D eigenvalue weighted by Gasteiger charge is 2.25. The second-order valence-corrected chi connectivity index (χ2v) is 6.65. The van der Waals surface area contributed by atoms with Gasteiger partial charge in [0, 0.05) is 10.7 Å². The molecule has 0 spiro atoms. The number of ether oxygens (including phenoxy) is 1. The van der Waals surface area contributed by atoms with Crippen LogP contribution in [0.15, 0.2) is 71.6 Å². The van der Waals surface area contributed by atoms with E-state index in [1.807, 2.05) is 30.3 Å². The molecule has 2 heterocycles. The van der Waals surface area contributed by atoms with Gasteiger partial charge in [-0.25, -0.2) is 9.97 Å². The molecule has 28 heavy (non-hydrogen) atoms. The first-order valence-electron chi connectivity index (χ1n) is 8.15. The number of fused-ring (bicyclic) bond motifs is 1. The Morgan fingerprint density at radius 3 is 2.57 bits per heavy atom. The molecule has 0 saturated carbocycles. The fourth-order valence-electron chi connectivity index (χ4n) is 2.61. The highest BCUT2D eigenvalue weighted by Crippen LogP contribution is 2.35. The maximum Gasteiger partial charge on any atom is 0.373 e. The van der Waals surface area contributed by atoms with E-state index in [1.165, 1.54) is 6.33 Å². The zero-order valence-corrected chi connectivity index (χ0v) is 15.8. The molecule has 2 aromatic heterocycles. The summed E-state index contributed by atoms with van der Waals surface area (Å²) in [5.74, 6) is 0.676. The van der Waals surface area contributed by atoms with E-state index in [0.717, 1.165) is 15.2 Å². The summed E-state index contributed by atoms with van der Waals surface area (Å²) in [5, 5.41) is 16.5. The van der Waals surface area contributed by atoms with Crippen molar-refractivity contribution in [2.75, 3.05) is 5.32 Å². The fourth-order valence-corrected chi connectivity index (χ4v) is 2.84. The van der Waals surface area contributed by atoms with Crippen LogP contribution in [0.2, 0.25) is 0 Å². The van der Waals surface area contributed by atoms with Gasteiger partial charge in [0.15, 0.2) is 0 Å². The first-order chi connectivity index (χ1) is 13.6. The van der Waals surface area contributed by atoms with Crippen molar-refractivity contribution in [1.29, 1.82) is 0 Å². The van der Waals surface area contributed by atoms with Gasteiger partial charge in [0.05, 0.1) is 4.92 Å². The van der Waals surface area contributed by atoms with Gasteiger partial charge in [0.1, 0.15) is 17.9 Å². The monoisotopic (exact) mass is 437 g/mol. The molecular formula is C19H12BrN5O3. The number of rotatable bonds is 5. The predicted molar refractivity (Wildman–Crippen MR) is 108 cm³/mol. The highest BCUT2D eigenvalue weighted by molar-refractivity contribution is 9.10. The normalized spacial score (nSPS) is 10.6. The average Bonchev–Trinajstić information content (AvgIpc) is 2.69. The minimum atomic E-state index is -0.586. The van der Waals surface area contributed by atoms with Crippen molar-refractivity contribution < 1.29 is 9.66 Å². The van der Waals surface area contributed by atoms with Crippen molar-refractivity contribution in [2.45, 2.75) is 0 Å². The number of benzene rings is 2. The quantitative estimate of drug-likeness (QED) is 0.336. The minimum absolute atomic E-state index is 0.00869. The molecule has 9 heteroatoms. The van der Waals surface area contributed by atoms with E-state index in [-0.39, 0.29) is 17.4 Å². The van der Waals surface area contributed by atoms with E-state index >= 15 is 0 Å². The minimum Gasteiger partial charge on any atom is -0.434 e. The van der Waals surface area contributed by atoms with E-state index in [4.69, 9.17) is 4.74 Å². The molecule has 1 N–H and O–H groups in total. The first kappa shape index (κ1) is 17.8. The first-order valence-corrected chi connectivity index (χ1v) is 8.94. The van der Waals surface area contributed by atoms with Crippen LogP contribution >= 0.6 is 15.9 Å². The van der Waals surface area contributed by atoms with Gasteiger partial charge in [-0.2, -0.15) is 4.98 Å². The van der Waals surface area contributed by atoms with E-state index in [0.29, 0.717) is 11.6 Å². The molecule has 138 valence electrons. The molecular weight excluding hydrogens is 426 g/mol. The predicted octanol–water partition coefficient (Wildman–Crippen LogP) is 5.23. The third kappa shape index (κ3) is 3.74. The van der Waals surface area contributed by atoms with E-state index in [2.05, 4.69) is 36.2 Å². The number of nitrogens with one attached hydrogen (secondary N) is 1. The van der Waals surface area contributed by atoms with Crippen LogP contribution in [0.25, 0.3) is 10.8 Å². The number of hydrogen-bond donors (Lipinski definition) is 1. The zero-order valence-electron chi connectivity index (χ0n) is 14.2. The van der Waals surface area contributed by atoms with Gasteiger partial charge in [-0.05, 0) is 51.0 Å². The van der Waals surface area contributed by atoms with Crippen LogP contribution in [0.3, 0.4) is 0 Å². The molecule has 0 aliphatic rings. The number of pyridine rings is 1. The van der Waals surface area contributed by atoms with E-state index < -0.39 is 4.92 Å². The van der Waals surface area contributed by atoms with Crippen LogP contribution in [0.4, 0.5) is 17.3 Å². The molecule has 0 saturated heterocycles. The molecule has 4 rings (SSSR count). The molecule has 0 atom stereocenters. The molecule has 0 unspecified atom stereocenters. The van der Waals surface area contributed by atoms with Gasteiger partial charge < -0.3 is 10.1 Å². The number of halogens is 1. The van der Waals surface area contributed by atoms with Gasteiger partial charge in [-0.3, -0.25) is 10.1 Å². The van der Waals surface area contributed by atoms with E-state index in [1.54, 1.807) is 30.5 Å². The van der Waals surface area contributed by atoms with Crippen LogP contribution in [0, 0.1) is 10.1 Å². The second-order valence-electron chi connectivity index (χ2n) is 5.73. The molecule has 0 aliphatic carbocycles. The van der Waals surface area contributed by atoms with Crippen LogP contribution in [-0.2, 0) is 0 Å². The third-order valence-electron chi connectivity index (χ3n) is 3.88. The Balaban J connectivity index is 1.69. The largest absolute Gasteiger partial charge is 0.434 e. The van der Waals surface area contributed by atoms with Crippen LogP contribution in [-0.4, -0.2) is 19.9 Å². The van der Waals surface area contributed by atoms with Crippen LogP contribution < -0.4 is 10.1 Å². The standard InChI is InChI=1S/C19H12BrN5O3/c20-14-6-8-16(21-10-14)24-18-17(25(26)27)19(23-11-22-18)28-15-7-5-12-3-1-2-4-13(12)9-15/h1-11H,(H,21,22,23,24).